The standard InChI is InChI=1S/C23H19FN2O2S/c24-19-8-3-9-20-21(19)25-23(29-20)26(14-18-7-4-12-28-18)22(27)17-11-10-15-5-1-2-6-16(15)13-17/h1-3,5-6,8-11,13,18H,4,7,12,14H2. The number of amides is 1. The van der Waals surface area contributed by atoms with Crippen LogP contribution in [-0.4, -0.2) is 30.1 Å². The van der Waals surface area contributed by atoms with Crippen LogP contribution in [0.1, 0.15) is 23.2 Å². The number of aromatic nitrogens is 1. The van der Waals surface area contributed by atoms with E-state index in [1.165, 1.54) is 17.4 Å². The van der Waals surface area contributed by atoms with E-state index in [1.807, 2.05) is 48.5 Å². The fourth-order valence-corrected chi connectivity index (χ4v) is 4.72. The Kier molecular flexibility index (Phi) is 4.73. The highest BCUT2D eigenvalue weighted by Crippen LogP contribution is 2.32. The van der Waals surface area contributed by atoms with Gasteiger partial charge in [-0.15, -0.1) is 0 Å². The number of hydrogen-bond acceptors (Lipinski definition) is 4. The Bertz CT molecular complexity index is 1200. The molecule has 1 aliphatic heterocycles. The summed E-state index contributed by atoms with van der Waals surface area (Å²) in [6.45, 7) is 1.12. The number of carbonyl (C=O) groups is 1. The van der Waals surface area contributed by atoms with Gasteiger partial charge in [0, 0.05) is 12.2 Å². The zero-order valence-electron chi connectivity index (χ0n) is 15.7. The molecule has 2 heterocycles. The minimum absolute atomic E-state index is 0.0312. The number of nitrogens with zero attached hydrogens (tertiary/aromatic N) is 2. The molecule has 4 aromatic rings. The highest BCUT2D eigenvalue weighted by molar-refractivity contribution is 7.22. The van der Waals surface area contributed by atoms with Gasteiger partial charge < -0.3 is 4.74 Å². The molecule has 3 aromatic carbocycles. The van der Waals surface area contributed by atoms with Crippen LogP contribution in [0, 0.1) is 5.82 Å². The first-order valence-electron chi connectivity index (χ1n) is 9.66. The van der Waals surface area contributed by atoms with Gasteiger partial charge in [0.25, 0.3) is 5.91 Å². The minimum atomic E-state index is -0.375. The Balaban J connectivity index is 1.56. The van der Waals surface area contributed by atoms with Crippen LogP contribution >= 0.6 is 11.3 Å². The van der Waals surface area contributed by atoms with Crippen LogP contribution in [0.4, 0.5) is 9.52 Å². The number of benzene rings is 3. The monoisotopic (exact) mass is 406 g/mol. The highest BCUT2D eigenvalue weighted by atomic mass is 32.1. The molecular weight excluding hydrogens is 387 g/mol. The summed E-state index contributed by atoms with van der Waals surface area (Å²) >= 11 is 1.33. The van der Waals surface area contributed by atoms with Crippen LogP contribution in [-0.2, 0) is 4.74 Å². The van der Waals surface area contributed by atoms with Crippen LogP contribution in [0.15, 0.2) is 60.7 Å². The molecule has 0 aliphatic carbocycles. The van der Waals surface area contributed by atoms with Crippen molar-refractivity contribution in [1.82, 2.24) is 4.98 Å². The molecule has 0 N–H and O–H groups in total. The van der Waals surface area contributed by atoms with E-state index in [0.29, 0.717) is 29.4 Å². The van der Waals surface area contributed by atoms with E-state index in [4.69, 9.17) is 4.74 Å². The second-order valence-electron chi connectivity index (χ2n) is 7.20. The molecule has 0 spiro atoms. The first-order chi connectivity index (χ1) is 14.2. The molecule has 1 unspecified atom stereocenters. The average molecular weight is 406 g/mol. The molecule has 0 bridgehead atoms. The van der Waals surface area contributed by atoms with E-state index in [0.717, 1.165) is 28.3 Å². The quantitative estimate of drug-likeness (QED) is 0.455. The van der Waals surface area contributed by atoms with Crippen molar-refractivity contribution in [3.63, 3.8) is 0 Å². The molecule has 0 radical (unpaired) electrons. The summed E-state index contributed by atoms with van der Waals surface area (Å²) in [4.78, 5) is 19.6. The van der Waals surface area contributed by atoms with Crippen molar-refractivity contribution >= 4 is 43.4 Å². The maximum atomic E-state index is 14.2. The van der Waals surface area contributed by atoms with Gasteiger partial charge >= 0.3 is 0 Å². The fourth-order valence-electron chi connectivity index (χ4n) is 3.74. The zero-order valence-corrected chi connectivity index (χ0v) is 16.5. The summed E-state index contributed by atoms with van der Waals surface area (Å²) in [6, 6.07) is 18.5. The normalized spacial score (nSPS) is 16.5. The molecule has 6 heteroatoms. The van der Waals surface area contributed by atoms with Gasteiger partial charge in [0.05, 0.1) is 17.3 Å². The van der Waals surface area contributed by atoms with Crippen molar-refractivity contribution in [3.05, 3.63) is 72.0 Å². The lowest BCUT2D eigenvalue weighted by molar-refractivity contribution is 0.0917. The lowest BCUT2D eigenvalue weighted by Gasteiger charge is -2.23. The van der Waals surface area contributed by atoms with E-state index in [1.54, 1.807) is 11.0 Å². The van der Waals surface area contributed by atoms with E-state index in [9.17, 15) is 9.18 Å². The van der Waals surface area contributed by atoms with Gasteiger partial charge in [-0.05, 0) is 47.9 Å². The van der Waals surface area contributed by atoms with Gasteiger partial charge in [-0.2, -0.15) is 0 Å². The Morgan fingerprint density at radius 2 is 2.00 bits per heavy atom. The average Bonchev–Trinajstić information content (AvgIpc) is 3.41. The van der Waals surface area contributed by atoms with E-state index in [2.05, 4.69) is 4.98 Å². The van der Waals surface area contributed by atoms with Crippen molar-refractivity contribution < 1.29 is 13.9 Å². The van der Waals surface area contributed by atoms with Crippen molar-refractivity contribution in [1.29, 1.82) is 0 Å². The summed E-state index contributed by atoms with van der Waals surface area (Å²) in [7, 11) is 0. The summed E-state index contributed by atoms with van der Waals surface area (Å²) < 4.78 is 20.7. The molecule has 29 heavy (non-hydrogen) atoms. The summed E-state index contributed by atoms with van der Waals surface area (Å²) in [6.07, 6.45) is 1.86. The Labute approximate surface area is 171 Å². The second kappa shape index (κ2) is 7.54. The molecule has 4 nitrogen and oxygen atoms in total. The number of anilines is 1. The summed E-state index contributed by atoms with van der Waals surface area (Å²) in [5.41, 5.74) is 0.887. The molecule has 146 valence electrons. The third-order valence-corrected chi connectivity index (χ3v) is 6.28. The number of ether oxygens (including phenoxy) is 1. The van der Waals surface area contributed by atoms with E-state index < -0.39 is 0 Å². The Hall–Kier alpha value is -2.83. The number of carbonyl (C=O) groups excluding carboxylic acids is 1. The molecule has 1 fully saturated rings. The molecule has 1 amide bonds. The maximum Gasteiger partial charge on any atom is 0.260 e. The summed E-state index contributed by atoms with van der Waals surface area (Å²) in [5.74, 6) is -0.522. The lowest BCUT2D eigenvalue weighted by Crippen LogP contribution is -2.37. The molecule has 1 saturated heterocycles. The van der Waals surface area contributed by atoms with Gasteiger partial charge in [-0.1, -0.05) is 47.7 Å². The van der Waals surface area contributed by atoms with Gasteiger partial charge in [0.15, 0.2) is 5.13 Å². The SMILES string of the molecule is O=C(c1ccc2ccccc2c1)N(CC1CCCO1)c1nc2c(F)cccc2s1. The largest absolute Gasteiger partial charge is 0.376 e. The second-order valence-corrected chi connectivity index (χ2v) is 8.20. The minimum Gasteiger partial charge on any atom is -0.376 e. The predicted molar refractivity (Wildman–Crippen MR) is 114 cm³/mol. The number of fused-ring (bicyclic) bond motifs is 2. The van der Waals surface area contributed by atoms with Crippen molar-refractivity contribution in [2.45, 2.75) is 18.9 Å². The third-order valence-electron chi connectivity index (χ3n) is 5.24. The van der Waals surface area contributed by atoms with Crippen LogP contribution in [0.5, 0.6) is 0 Å². The smallest absolute Gasteiger partial charge is 0.260 e. The van der Waals surface area contributed by atoms with Crippen LogP contribution in [0.25, 0.3) is 21.0 Å². The number of thiazole rings is 1. The number of hydrogen-bond donors (Lipinski definition) is 0. The molecule has 1 aliphatic rings. The molecule has 0 saturated carbocycles. The lowest BCUT2D eigenvalue weighted by atomic mass is 10.1. The fraction of sp³-hybridized carbons (Fsp3) is 0.217. The number of halogens is 1. The number of para-hydroxylation sites is 1. The molecule has 5 rings (SSSR count). The first kappa shape index (κ1) is 18.2. The van der Waals surface area contributed by atoms with Gasteiger partial charge in [-0.3, -0.25) is 9.69 Å². The molecular formula is C23H19FN2O2S. The zero-order chi connectivity index (χ0) is 19.8. The highest BCUT2D eigenvalue weighted by Gasteiger charge is 2.27. The summed E-state index contributed by atoms with van der Waals surface area (Å²) in [5, 5.41) is 2.58. The van der Waals surface area contributed by atoms with Gasteiger partial charge in [0.1, 0.15) is 11.3 Å². The van der Waals surface area contributed by atoms with Gasteiger partial charge in [0.2, 0.25) is 0 Å². The number of rotatable bonds is 4. The Morgan fingerprint density at radius 3 is 2.79 bits per heavy atom. The first-order valence-corrected chi connectivity index (χ1v) is 10.5. The third kappa shape index (κ3) is 3.50. The van der Waals surface area contributed by atoms with Crippen molar-refractivity contribution in [2.24, 2.45) is 0 Å². The van der Waals surface area contributed by atoms with E-state index >= 15 is 0 Å². The van der Waals surface area contributed by atoms with Crippen molar-refractivity contribution in [3.8, 4) is 0 Å². The topological polar surface area (TPSA) is 42.4 Å². The van der Waals surface area contributed by atoms with Crippen LogP contribution in [0.2, 0.25) is 0 Å². The molecule has 1 atom stereocenters. The Morgan fingerprint density at radius 1 is 1.14 bits per heavy atom. The van der Waals surface area contributed by atoms with E-state index in [-0.39, 0.29) is 17.8 Å². The van der Waals surface area contributed by atoms with Gasteiger partial charge in [-0.25, -0.2) is 9.37 Å². The van der Waals surface area contributed by atoms with Crippen LogP contribution < -0.4 is 4.90 Å². The molecule has 1 aromatic heterocycles. The maximum absolute atomic E-state index is 14.2. The predicted octanol–water partition coefficient (Wildman–Crippen LogP) is 5.41. The van der Waals surface area contributed by atoms with Crippen molar-refractivity contribution in [2.75, 3.05) is 18.1 Å². The van der Waals surface area contributed by atoms with Crippen LogP contribution in [0.3, 0.4) is 0 Å².